The van der Waals surface area contributed by atoms with Crippen molar-refractivity contribution in [3.63, 3.8) is 0 Å². The van der Waals surface area contributed by atoms with Crippen LogP contribution in [0.15, 0.2) is 0 Å². The zero-order valence-electron chi connectivity index (χ0n) is 7.52. The molecule has 1 saturated heterocycles. The van der Waals surface area contributed by atoms with E-state index in [0.717, 1.165) is 0 Å². The maximum atomic E-state index is 12.3. The molecule has 82 valence electrons. The van der Waals surface area contributed by atoms with Crippen LogP contribution in [-0.2, 0) is 15.0 Å². The van der Waals surface area contributed by atoms with Crippen LogP contribution in [0.1, 0.15) is 6.42 Å². The summed E-state index contributed by atoms with van der Waals surface area (Å²) in [6, 6.07) is 0. The highest BCUT2D eigenvalue weighted by molar-refractivity contribution is 7.86. The van der Waals surface area contributed by atoms with Gasteiger partial charge in [0.25, 0.3) is 0 Å². The van der Waals surface area contributed by atoms with Gasteiger partial charge in [-0.1, -0.05) is 0 Å². The van der Waals surface area contributed by atoms with E-state index < -0.39 is 21.9 Å². The third kappa shape index (κ3) is 3.45. The molecule has 7 heteroatoms. The lowest BCUT2D eigenvalue weighted by Crippen LogP contribution is -2.27. The van der Waals surface area contributed by atoms with Gasteiger partial charge in [0, 0.05) is 31.2 Å². The molecule has 1 aliphatic rings. The highest BCUT2D eigenvalue weighted by Gasteiger charge is 2.32. The molecule has 1 heterocycles. The first-order valence-corrected chi connectivity index (χ1v) is 6.42. The van der Waals surface area contributed by atoms with Crippen molar-refractivity contribution in [1.82, 2.24) is 4.90 Å². The normalized spacial score (nSPS) is 23.1. The van der Waals surface area contributed by atoms with Crippen LogP contribution >= 0.6 is 12.6 Å². The molecule has 0 N–H and O–H groups in total. The largest absolute Gasteiger partial charge is 0.342 e. The van der Waals surface area contributed by atoms with Crippen LogP contribution in [0, 0.1) is 5.92 Å². The van der Waals surface area contributed by atoms with E-state index in [9.17, 15) is 17.1 Å². The first kappa shape index (κ1) is 11.8. The van der Waals surface area contributed by atoms with Crippen LogP contribution in [0.5, 0.6) is 0 Å². The Bertz CT molecular complexity index is 317. The van der Waals surface area contributed by atoms with Crippen molar-refractivity contribution >= 4 is 28.8 Å². The highest BCUT2D eigenvalue weighted by atomic mass is 32.3. The average molecular weight is 241 g/mol. The molecular weight excluding hydrogens is 229 g/mol. The second kappa shape index (κ2) is 4.48. The lowest BCUT2D eigenvalue weighted by Gasteiger charge is -2.14. The molecule has 0 saturated carbocycles. The van der Waals surface area contributed by atoms with E-state index in [0.29, 0.717) is 18.8 Å². The molecule has 1 aliphatic heterocycles. The second-order valence-corrected chi connectivity index (χ2v) is 5.20. The van der Waals surface area contributed by atoms with E-state index in [1.165, 1.54) is 4.90 Å². The summed E-state index contributed by atoms with van der Waals surface area (Å²) in [4.78, 5) is 12.8. The first-order valence-electron chi connectivity index (χ1n) is 4.23. The Morgan fingerprint density at radius 2 is 2.21 bits per heavy atom. The minimum atomic E-state index is -4.47. The van der Waals surface area contributed by atoms with Gasteiger partial charge in [-0.2, -0.15) is 21.0 Å². The van der Waals surface area contributed by atoms with Crippen LogP contribution in [-0.4, -0.2) is 43.8 Å². The highest BCUT2D eigenvalue weighted by Crippen LogP contribution is 2.19. The van der Waals surface area contributed by atoms with Gasteiger partial charge in [-0.25, -0.2) is 0 Å². The minimum Gasteiger partial charge on any atom is -0.342 e. The van der Waals surface area contributed by atoms with Crippen molar-refractivity contribution < 1.29 is 17.1 Å². The molecule has 1 unspecified atom stereocenters. The summed E-state index contributed by atoms with van der Waals surface area (Å²) in [5.41, 5.74) is 0. The summed E-state index contributed by atoms with van der Waals surface area (Å²) in [5.74, 6) is -0.548. The Labute approximate surface area is 88.1 Å². The van der Waals surface area contributed by atoms with Crippen molar-refractivity contribution in [1.29, 1.82) is 0 Å². The van der Waals surface area contributed by atoms with E-state index in [4.69, 9.17) is 0 Å². The van der Waals surface area contributed by atoms with Gasteiger partial charge in [-0.15, -0.1) is 3.89 Å². The number of carbonyl (C=O) groups is 1. The minimum absolute atomic E-state index is 0.118. The van der Waals surface area contributed by atoms with E-state index in [1.54, 1.807) is 0 Å². The van der Waals surface area contributed by atoms with Crippen LogP contribution in [0.3, 0.4) is 0 Å². The summed E-state index contributed by atoms with van der Waals surface area (Å²) in [6.45, 7) is 0.813. The Balaban J connectivity index is 2.51. The molecular formula is C7H12FNO3S2. The Hall–Kier alpha value is -0.300. The number of rotatable bonds is 4. The molecule has 14 heavy (non-hydrogen) atoms. The molecule has 0 aromatic heterocycles. The summed E-state index contributed by atoms with van der Waals surface area (Å²) in [5, 5.41) is 0. The smallest absolute Gasteiger partial charge is 0.302 e. The fourth-order valence-electron chi connectivity index (χ4n) is 1.58. The number of carbonyl (C=O) groups excluding carboxylic acids is 1. The number of amides is 1. The third-order valence-corrected chi connectivity index (χ3v) is 3.17. The van der Waals surface area contributed by atoms with Gasteiger partial charge < -0.3 is 4.90 Å². The van der Waals surface area contributed by atoms with Crippen molar-refractivity contribution in [2.75, 3.05) is 24.6 Å². The van der Waals surface area contributed by atoms with E-state index in [-0.39, 0.29) is 12.3 Å². The topological polar surface area (TPSA) is 54.5 Å². The molecule has 1 atom stereocenters. The molecule has 0 bridgehead atoms. The molecule has 0 spiro atoms. The number of nitrogens with zero attached hydrogens (tertiary/aromatic N) is 1. The van der Waals surface area contributed by atoms with E-state index >= 15 is 0 Å². The first-order chi connectivity index (χ1) is 6.42. The molecule has 4 nitrogen and oxygen atoms in total. The van der Waals surface area contributed by atoms with Gasteiger partial charge in [0.05, 0.1) is 5.75 Å². The lowest BCUT2D eigenvalue weighted by atomic mass is 10.1. The second-order valence-electron chi connectivity index (χ2n) is 3.34. The van der Waals surface area contributed by atoms with Crippen LogP contribution in [0.4, 0.5) is 3.89 Å². The molecule has 0 aliphatic carbocycles. The maximum absolute atomic E-state index is 12.3. The van der Waals surface area contributed by atoms with Crippen LogP contribution in [0.2, 0.25) is 0 Å². The van der Waals surface area contributed by atoms with Gasteiger partial charge in [-0.3, -0.25) is 4.79 Å². The van der Waals surface area contributed by atoms with Crippen molar-refractivity contribution in [2.24, 2.45) is 5.92 Å². The van der Waals surface area contributed by atoms with Crippen LogP contribution in [0.25, 0.3) is 0 Å². The number of halogens is 1. The Morgan fingerprint density at radius 3 is 2.71 bits per heavy atom. The molecule has 1 fully saturated rings. The Kier molecular flexibility index (Phi) is 3.77. The van der Waals surface area contributed by atoms with Gasteiger partial charge in [0.2, 0.25) is 5.91 Å². The van der Waals surface area contributed by atoms with Crippen molar-refractivity contribution in [3.05, 3.63) is 0 Å². The number of hydrogen-bond donors (Lipinski definition) is 1. The quantitative estimate of drug-likeness (QED) is 0.559. The third-order valence-electron chi connectivity index (χ3n) is 2.10. The average Bonchev–Trinajstić information content (AvgIpc) is 2.28. The summed E-state index contributed by atoms with van der Waals surface area (Å²) < 4.78 is 33.0. The monoisotopic (exact) mass is 241 g/mol. The van der Waals surface area contributed by atoms with Gasteiger partial charge in [0.15, 0.2) is 0 Å². The fraction of sp³-hybridized carbons (Fsp3) is 0.857. The SMILES string of the molecule is O=C1CC(CS(=O)(=O)F)CN1CCS. The van der Waals surface area contributed by atoms with Gasteiger partial charge in [-0.05, 0) is 0 Å². The van der Waals surface area contributed by atoms with Crippen molar-refractivity contribution in [3.8, 4) is 0 Å². The number of thiol groups is 1. The lowest BCUT2D eigenvalue weighted by molar-refractivity contribution is -0.127. The summed E-state index contributed by atoms with van der Waals surface area (Å²) in [6.07, 6.45) is 0.122. The molecule has 0 aromatic rings. The van der Waals surface area contributed by atoms with Crippen LogP contribution < -0.4 is 0 Å². The standard InChI is InChI=1S/C7H12FNO3S2/c8-14(11,12)5-6-3-7(10)9(4-6)1-2-13/h6,13H,1-5H2. The molecule has 1 amide bonds. The number of hydrogen-bond acceptors (Lipinski definition) is 4. The fourth-order valence-corrected chi connectivity index (χ4v) is 2.61. The number of likely N-dealkylation sites (tertiary alicyclic amines) is 1. The molecule has 1 rings (SSSR count). The van der Waals surface area contributed by atoms with Crippen molar-refractivity contribution in [2.45, 2.75) is 6.42 Å². The predicted molar refractivity (Wildman–Crippen MR) is 53.4 cm³/mol. The van der Waals surface area contributed by atoms with E-state index in [2.05, 4.69) is 12.6 Å². The summed E-state index contributed by atoms with van der Waals surface area (Å²) in [7, 11) is -4.47. The summed E-state index contributed by atoms with van der Waals surface area (Å²) >= 11 is 3.97. The Morgan fingerprint density at radius 1 is 1.57 bits per heavy atom. The zero-order valence-corrected chi connectivity index (χ0v) is 9.23. The predicted octanol–water partition coefficient (Wildman–Crippen LogP) is 0.0640. The van der Waals surface area contributed by atoms with Gasteiger partial charge >= 0.3 is 10.2 Å². The van der Waals surface area contributed by atoms with Gasteiger partial charge in [0.1, 0.15) is 0 Å². The van der Waals surface area contributed by atoms with E-state index in [1.807, 2.05) is 0 Å². The maximum Gasteiger partial charge on any atom is 0.302 e. The molecule has 0 aromatic carbocycles. The molecule has 0 radical (unpaired) electrons. The zero-order chi connectivity index (χ0) is 10.8.